The molecule has 1 unspecified atom stereocenters. The molecule has 0 saturated heterocycles. The van der Waals surface area contributed by atoms with Crippen LogP contribution in [0, 0.1) is 0 Å². The van der Waals surface area contributed by atoms with Crippen molar-refractivity contribution in [1.82, 2.24) is 5.32 Å². The number of carboxylic acid groups (broad SMARTS) is 1. The smallest absolute Gasteiger partial charge is 0.329 e. The first kappa shape index (κ1) is 16.8. The van der Waals surface area contributed by atoms with E-state index in [1.807, 2.05) is 31.2 Å². The predicted molar refractivity (Wildman–Crippen MR) is 81.1 cm³/mol. The molecular formula is C16H21NO4. The van der Waals surface area contributed by atoms with Crippen LogP contribution in [-0.2, 0) is 9.59 Å². The van der Waals surface area contributed by atoms with Crippen LogP contribution in [0.15, 0.2) is 30.3 Å². The minimum Gasteiger partial charge on any atom is -0.493 e. The van der Waals surface area contributed by atoms with Gasteiger partial charge in [0.2, 0.25) is 5.91 Å². The molecule has 0 aliphatic rings. The SMILES string of the molecule is CCOc1ccccc1C=CC(=O)NC(C)(CC)C(=O)O. The number of carbonyl (C=O) groups is 2. The van der Waals surface area contributed by atoms with Crippen LogP contribution in [0.3, 0.4) is 0 Å². The molecule has 1 amide bonds. The summed E-state index contributed by atoms with van der Waals surface area (Å²) in [6.07, 6.45) is 3.23. The molecule has 1 atom stereocenters. The van der Waals surface area contributed by atoms with Gasteiger partial charge in [0.05, 0.1) is 6.61 Å². The standard InChI is InChI=1S/C16H21NO4/c1-4-16(3,15(19)20)17-14(18)11-10-12-8-6-7-9-13(12)21-5-2/h6-11H,4-5H2,1-3H3,(H,17,18)(H,19,20). The Morgan fingerprint density at radius 3 is 2.57 bits per heavy atom. The highest BCUT2D eigenvalue weighted by Gasteiger charge is 2.31. The van der Waals surface area contributed by atoms with Gasteiger partial charge >= 0.3 is 5.97 Å². The Balaban J connectivity index is 2.81. The number of aliphatic carboxylic acids is 1. The van der Waals surface area contributed by atoms with E-state index in [2.05, 4.69) is 5.32 Å². The lowest BCUT2D eigenvalue weighted by Crippen LogP contribution is -2.51. The van der Waals surface area contributed by atoms with E-state index in [0.29, 0.717) is 18.8 Å². The molecule has 0 radical (unpaired) electrons. The van der Waals surface area contributed by atoms with Gasteiger partial charge in [0.1, 0.15) is 11.3 Å². The topological polar surface area (TPSA) is 75.6 Å². The first-order valence-corrected chi connectivity index (χ1v) is 6.88. The molecule has 0 spiro atoms. The number of ether oxygens (including phenoxy) is 1. The summed E-state index contributed by atoms with van der Waals surface area (Å²) >= 11 is 0. The first-order valence-electron chi connectivity index (χ1n) is 6.88. The van der Waals surface area contributed by atoms with Crippen molar-refractivity contribution in [2.45, 2.75) is 32.7 Å². The van der Waals surface area contributed by atoms with E-state index >= 15 is 0 Å². The number of amides is 1. The molecule has 1 rings (SSSR count). The van der Waals surface area contributed by atoms with Gasteiger partial charge in [-0.25, -0.2) is 4.79 Å². The zero-order valence-electron chi connectivity index (χ0n) is 12.6. The number of carboxylic acids is 1. The molecule has 0 aromatic heterocycles. The van der Waals surface area contributed by atoms with Gasteiger partial charge in [-0.1, -0.05) is 25.1 Å². The van der Waals surface area contributed by atoms with Gasteiger partial charge in [-0.05, 0) is 32.4 Å². The van der Waals surface area contributed by atoms with Crippen molar-refractivity contribution in [3.63, 3.8) is 0 Å². The van der Waals surface area contributed by atoms with Crippen LogP contribution in [0.1, 0.15) is 32.8 Å². The second-order valence-corrected chi connectivity index (χ2v) is 4.78. The minimum absolute atomic E-state index is 0.303. The van der Waals surface area contributed by atoms with Gasteiger partial charge in [0.15, 0.2) is 0 Å². The highest BCUT2D eigenvalue weighted by Crippen LogP contribution is 2.19. The zero-order chi connectivity index (χ0) is 15.9. The fourth-order valence-electron chi connectivity index (χ4n) is 1.68. The molecule has 1 aromatic rings. The van der Waals surface area contributed by atoms with Crippen LogP contribution in [-0.4, -0.2) is 29.1 Å². The van der Waals surface area contributed by atoms with Crippen LogP contribution < -0.4 is 10.1 Å². The highest BCUT2D eigenvalue weighted by molar-refractivity contribution is 5.95. The summed E-state index contributed by atoms with van der Waals surface area (Å²) in [5.41, 5.74) is -0.496. The van der Waals surface area contributed by atoms with Crippen molar-refractivity contribution < 1.29 is 19.4 Å². The van der Waals surface area contributed by atoms with Gasteiger partial charge in [0.25, 0.3) is 0 Å². The Bertz CT molecular complexity index is 539. The largest absolute Gasteiger partial charge is 0.493 e. The summed E-state index contributed by atoms with van der Waals surface area (Å²) in [5, 5.41) is 11.6. The summed E-state index contributed by atoms with van der Waals surface area (Å²) in [6.45, 7) is 5.61. The zero-order valence-corrected chi connectivity index (χ0v) is 12.6. The molecule has 0 aliphatic carbocycles. The van der Waals surface area contributed by atoms with Crippen LogP contribution >= 0.6 is 0 Å². The molecule has 0 fully saturated rings. The van der Waals surface area contributed by atoms with Crippen LogP contribution in [0.2, 0.25) is 0 Å². The maximum atomic E-state index is 11.9. The summed E-state index contributed by atoms with van der Waals surface area (Å²) in [4.78, 5) is 23.0. The fraction of sp³-hybridized carbons (Fsp3) is 0.375. The lowest BCUT2D eigenvalue weighted by molar-refractivity contribution is -0.146. The van der Waals surface area contributed by atoms with Crippen LogP contribution in [0.4, 0.5) is 0 Å². The molecule has 0 bridgehead atoms. The lowest BCUT2D eigenvalue weighted by atomic mass is 9.99. The third-order valence-corrected chi connectivity index (χ3v) is 3.21. The average Bonchev–Trinajstić information content (AvgIpc) is 2.46. The number of rotatable bonds is 7. The monoisotopic (exact) mass is 291 g/mol. The minimum atomic E-state index is -1.26. The van der Waals surface area contributed by atoms with E-state index in [-0.39, 0.29) is 0 Å². The number of carbonyl (C=O) groups excluding carboxylic acids is 1. The van der Waals surface area contributed by atoms with Crippen molar-refractivity contribution in [1.29, 1.82) is 0 Å². The number of hydrogen-bond acceptors (Lipinski definition) is 3. The maximum Gasteiger partial charge on any atom is 0.329 e. The summed E-state index contributed by atoms with van der Waals surface area (Å²) < 4.78 is 5.45. The van der Waals surface area contributed by atoms with Gasteiger partial charge in [-0.15, -0.1) is 0 Å². The maximum absolute atomic E-state index is 11.9. The highest BCUT2D eigenvalue weighted by atomic mass is 16.5. The van der Waals surface area contributed by atoms with Crippen molar-refractivity contribution in [3.8, 4) is 5.75 Å². The van der Waals surface area contributed by atoms with E-state index in [1.54, 1.807) is 13.0 Å². The molecule has 1 aromatic carbocycles. The number of para-hydroxylation sites is 1. The van der Waals surface area contributed by atoms with Crippen molar-refractivity contribution in [2.24, 2.45) is 0 Å². The average molecular weight is 291 g/mol. The Morgan fingerprint density at radius 2 is 2.00 bits per heavy atom. The van der Waals surface area contributed by atoms with Gasteiger partial charge in [0, 0.05) is 11.6 Å². The van der Waals surface area contributed by atoms with E-state index < -0.39 is 17.4 Å². The first-order chi connectivity index (χ1) is 9.92. The number of nitrogens with one attached hydrogen (secondary N) is 1. The molecule has 5 heteroatoms. The summed E-state index contributed by atoms with van der Waals surface area (Å²) in [7, 11) is 0. The fourth-order valence-corrected chi connectivity index (χ4v) is 1.68. The summed E-state index contributed by atoms with van der Waals surface area (Å²) in [6, 6.07) is 7.33. The van der Waals surface area contributed by atoms with E-state index in [1.165, 1.54) is 13.0 Å². The summed E-state index contributed by atoms with van der Waals surface area (Å²) in [5.74, 6) is -0.824. The molecule has 21 heavy (non-hydrogen) atoms. The molecule has 0 heterocycles. The van der Waals surface area contributed by atoms with E-state index in [4.69, 9.17) is 9.84 Å². The Hall–Kier alpha value is -2.30. The van der Waals surface area contributed by atoms with Crippen molar-refractivity contribution >= 4 is 18.0 Å². The molecule has 114 valence electrons. The molecule has 2 N–H and O–H groups in total. The van der Waals surface area contributed by atoms with Gasteiger partial charge < -0.3 is 15.2 Å². The van der Waals surface area contributed by atoms with Crippen LogP contribution in [0.5, 0.6) is 5.75 Å². The Morgan fingerprint density at radius 1 is 1.33 bits per heavy atom. The second kappa shape index (κ2) is 7.47. The Labute approximate surface area is 124 Å². The van der Waals surface area contributed by atoms with Gasteiger partial charge in [-0.2, -0.15) is 0 Å². The second-order valence-electron chi connectivity index (χ2n) is 4.78. The quantitative estimate of drug-likeness (QED) is 0.757. The normalized spacial score (nSPS) is 13.7. The third-order valence-electron chi connectivity index (χ3n) is 3.21. The molecule has 0 aliphatic heterocycles. The predicted octanol–water partition coefficient (Wildman–Crippen LogP) is 2.47. The van der Waals surface area contributed by atoms with Gasteiger partial charge in [-0.3, -0.25) is 4.79 Å². The third kappa shape index (κ3) is 4.63. The van der Waals surface area contributed by atoms with Crippen molar-refractivity contribution in [2.75, 3.05) is 6.61 Å². The lowest BCUT2D eigenvalue weighted by Gasteiger charge is -2.23. The van der Waals surface area contributed by atoms with E-state index in [9.17, 15) is 9.59 Å². The molecule has 5 nitrogen and oxygen atoms in total. The Kier molecular flexibility index (Phi) is 5.96. The van der Waals surface area contributed by atoms with Crippen LogP contribution in [0.25, 0.3) is 6.08 Å². The number of benzene rings is 1. The molecular weight excluding hydrogens is 270 g/mol. The number of hydrogen-bond donors (Lipinski definition) is 2. The molecule has 0 saturated carbocycles. The van der Waals surface area contributed by atoms with Crippen molar-refractivity contribution in [3.05, 3.63) is 35.9 Å². The van der Waals surface area contributed by atoms with E-state index in [0.717, 1.165) is 5.56 Å².